The molecule has 1 fully saturated rings. The Hall–Kier alpha value is -1.22. The van der Waals surface area contributed by atoms with Gasteiger partial charge in [0.25, 0.3) is 0 Å². The number of ketones is 1. The van der Waals surface area contributed by atoms with Crippen molar-refractivity contribution in [3.05, 3.63) is 35.6 Å². The van der Waals surface area contributed by atoms with Crippen LogP contribution < -0.4 is 0 Å². The first-order chi connectivity index (χ1) is 9.15. The van der Waals surface area contributed by atoms with E-state index in [0.717, 1.165) is 38.8 Å². The Labute approximate surface area is 114 Å². The number of halogens is 1. The van der Waals surface area contributed by atoms with E-state index in [9.17, 15) is 9.18 Å². The van der Waals surface area contributed by atoms with Crippen LogP contribution in [0, 0.1) is 5.82 Å². The van der Waals surface area contributed by atoms with Crippen molar-refractivity contribution in [2.75, 3.05) is 13.1 Å². The van der Waals surface area contributed by atoms with Crippen molar-refractivity contribution in [2.24, 2.45) is 0 Å². The van der Waals surface area contributed by atoms with Crippen LogP contribution >= 0.6 is 0 Å². The molecule has 1 aromatic carbocycles. The minimum absolute atomic E-state index is 0.0579. The number of carbonyl (C=O) groups is 1. The van der Waals surface area contributed by atoms with Crippen LogP contribution in [0.1, 0.15) is 49.9 Å². The molecule has 0 unspecified atom stereocenters. The highest BCUT2D eigenvalue weighted by Crippen LogP contribution is 2.32. The first-order valence-corrected chi connectivity index (χ1v) is 7.20. The van der Waals surface area contributed by atoms with Crippen molar-refractivity contribution in [3.8, 4) is 0 Å². The van der Waals surface area contributed by atoms with Gasteiger partial charge in [0.05, 0.1) is 11.1 Å². The van der Waals surface area contributed by atoms with E-state index < -0.39 is 11.4 Å². The molecule has 1 aromatic rings. The van der Waals surface area contributed by atoms with Gasteiger partial charge in [-0.25, -0.2) is 4.39 Å². The average molecular weight is 263 g/mol. The molecule has 19 heavy (non-hydrogen) atoms. The maximum absolute atomic E-state index is 13.9. The first kappa shape index (κ1) is 14.2. The fourth-order valence-electron chi connectivity index (χ4n) is 3.20. The summed E-state index contributed by atoms with van der Waals surface area (Å²) in [7, 11) is 0. The zero-order chi connectivity index (χ0) is 13.9. The van der Waals surface area contributed by atoms with E-state index in [1.807, 2.05) is 13.8 Å². The summed E-state index contributed by atoms with van der Waals surface area (Å²) in [6, 6.07) is 6.33. The van der Waals surface area contributed by atoms with Gasteiger partial charge in [-0.05, 0) is 50.9 Å². The normalized spacial score (nSPS) is 16.8. The molecule has 1 aliphatic heterocycles. The number of rotatable bonds is 5. The van der Waals surface area contributed by atoms with Gasteiger partial charge in [0.15, 0.2) is 5.78 Å². The quantitative estimate of drug-likeness (QED) is 0.756. The van der Waals surface area contributed by atoms with E-state index >= 15 is 0 Å². The van der Waals surface area contributed by atoms with Gasteiger partial charge < -0.3 is 0 Å². The second kappa shape index (κ2) is 5.83. The Balaban J connectivity index is 2.38. The highest BCUT2D eigenvalue weighted by Gasteiger charge is 2.42. The van der Waals surface area contributed by atoms with Crippen molar-refractivity contribution < 1.29 is 9.18 Å². The Kier molecular flexibility index (Phi) is 4.35. The molecule has 0 aromatic heterocycles. The van der Waals surface area contributed by atoms with Crippen molar-refractivity contribution >= 4 is 5.78 Å². The number of hydrogen-bond acceptors (Lipinski definition) is 2. The third-order valence-corrected chi connectivity index (χ3v) is 4.42. The van der Waals surface area contributed by atoms with E-state index in [4.69, 9.17) is 0 Å². The summed E-state index contributed by atoms with van der Waals surface area (Å²) in [5, 5.41) is 0. The largest absolute Gasteiger partial charge is 0.292 e. The van der Waals surface area contributed by atoms with Gasteiger partial charge in [0.1, 0.15) is 5.82 Å². The van der Waals surface area contributed by atoms with Crippen LogP contribution in [0.2, 0.25) is 0 Å². The lowest BCUT2D eigenvalue weighted by molar-refractivity contribution is 0.0577. The van der Waals surface area contributed by atoms with E-state index in [1.165, 1.54) is 6.07 Å². The van der Waals surface area contributed by atoms with Crippen LogP contribution in [0.5, 0.6) is 0 Å². The third kappa shape index (κ3) is 2.44. The third-order valence-electron chi connectivity index (χ3n) is 4.42. The monoisotopic (exact) mass is 263 g/mol. The lowest BCUT2D eigenvalue weighted by Gasteiger charge is -2.39. The van der Waals surface area contributed by atoms with Crippen LogP contribution in [0.3, 0.4) is 0 Å². The molecule has 0 N–H and O–H groups in total. The second-order valence-electron chi connectivity index (χ2n) is 5.24. The van der Waals surface area contributed by atoms with E-state index in [2.05, 4.69) is 4.90 Å². The summed E-state index contributed by atoms with van der Waals surface area (Å²) in [6.07, 6.45) is 3.73. The molecule has 104 valence electrons. The van der Waals surface area contributed by atoms with Crippen LogP contribution in [0.15, 0.2) is 24.3 Å². The van der Waals surface area contributed by atoms with Gasteiger partial charge in [-0.1, -0.05) is 26.0 Å². The minimum atomic E-state index is -0.529. The summed E-state index contributed by atoms with van der Waals surface area (Å²) in [6.45, 7) is 5.95. The van der Waals surface area contributed by atoms with E-state index in [0.29, 0.717) is 0 Å². The number of hydrogen-bond donors (Lipinski definition) is 0. The number of benzene rings is 1. The van der Waals surface area contributed by atoms with Gasteiger partial charge in [-0.2, -0.15) is 0 Å². The SMILES string of the molecule is CCC(CC)(C(=O)c1ccccc1F)N1CCCC1. The molecule has 0 aliphatic carbocycles. The van der Waals surface area contributed by atoms with Crippen LogP contribution in [-0.2, 0) is 0 Å². The average Bonchev–Trinajstić information content (AvgIpc) is 2.96. The van der Waals surface area contributed by atoms with Gasteiger partial charge >= 0.3 is 0 Å². The van der Waals surface area contributed by atoms with Gasteiger partial charge in [0, 0.05) is 0 Å². The molecule has 3 heteroatoms. The van der Waals surface area contributed by atoms with Crippen molar-refractivity contribution in [3.63, 3.8) is 0 Å². The fourth-order valence-corrected chi connectivity index (χ4v) is 3.20. The molecule has 0 radical (unpaired) electrons. The summed E-state index contributed by atoms with van der Waals surface area (Å²) in [4.78, 5) is 15.1. The van der Waals surface area contributed by atoms with Crippen molar-refractivity contribution in [1.29, 1.82) is 0 Å². The van der Waals surface area contributed by atoms with Gasteiger partial charge in [0.2, 0.25) is 0 Å². The minimum Gasteiger partial charge on any atom is -0.292 e. The van der Waals surface area contributed by atoms with Crippen LogP contribution in [-0.4, -0.2) is 29.3 Å². The second-order valence-corrected chi connectivity index (χ2v) is 5.24. The molecular formula is C16H22FNO. The molecular weight excluding hydrogens is 241 g/mol. The topological polar surface area (TPSA) is 20.3 Å². The van der Waals surface area contributed by atoms with E-state index in [1.54, 1.807) is 18.2 Å². The molecule has 0 bridgehead atoms. The highest BCUT2D eigenvalue weighted by atomic mass is 19.1. The molecule has 0 spiro atoms. The van der Waals surface area contributed by atoms with Crippen LogP contribution in [0.25, 0.3) is 0 Å². The molecule has 0 amide bonds. The zero-order valence-corrected chi connectivity index (χ0v) is 11.8. The molecule has 0 atom stereocenters. The lowest BCUT2D eigenvalue weighted by Crippen LogP contribution is -2.52. The maximum Gasteiger partial charge on any atom is 0.185 e. The smallest absolute Gasteiger partial charge is 0.185 e. The predicted molar refractivity (Wildman–Crippen MR) is 74.9 cm³/mol. The lowest BCUT2D eigenvalue weighted by atomic mass is 9.82. The van der Waals surface area contributed by atoms with Crippen LogP contribution in [0.4, 0.5) is 4.39 Å². The van der Waals surface area contributed by atoms with Gasteiger partial charge in [-0.15, -0.1) is 0 Å². The van der Waals surface area contributed by atoms with Gasteiger partial charge in [-0.3, -0.25) is 9.69 Å². The Bertz CT molecular complexity index is 448. The fraction of sp³-hybridized carbons (Fsp3) is 0.562. The Morgan fingerprint density at radius 3 is 2.32 bits per heavy atom. The van der Waals surface area contributed by atoms with E-state index in [-0.39, 0.29) is 11.3 Å². The molecule has 1 aliphatic rings. The summed E-state index contributed by atoms with van der Waals surface area (Å²) >= 11 is 0. The highest BCUT2D eigenvalue weighted by molar-refractivity contribution is 6.03. The van der Waals surface area contributed by atoms with Crippen molar-refractivity contribution in [1.82, 2.24) is 4.90 Å². The number of likely N-dealkylation sites (tertiary alicyclic amines) is 1. The molecule has 0 saturated carbocycles. The first-order valence-electron chi connectivity index (χ1n) is 7.20. The van der Waals surface area contributed by atoms with Crippen molar-refractivity contribution in [2.45, 2.75) is 45.1 Å². The predicted octanol–water partition coefficient (Wildman–Crippen LogP) is 3.66. The number of nitrogens with zero attached hydrogens (tertiary/aromatic N) is 1. The zero-order valence-electron chi connectivity index (χ0n) is 11.8. The summed E-state index contributed by atoms with van der Waals surface area (Å²) in [5.41, 5.74) is -0.295. The molecule has 1 heterocycles. The molecule has 2 nitrogen and oxygen atoms in total. The summed E-state index contributed by atoms with van der Waals surface area (Å²) in [5.74, 6) is -0.463. The Morgan fingerprint density at radius 2 is 1.79 bits per heavy atom. The number of carbonyl (C=O) groups excluding carboxylic acids is 1. The summed E-state index contributed by atoms with van der Waals surface area (Å²) < 4.78 is 13.9. The maximum atomic E-state index is 13.9. The Morgan fingerprint density at radius 1 is 1.21 bits per heavy atom. The molecule has 1 saturated heterocycles. The molecule has 2 rings (SSSR count). The number of Topliss-reactive ketones (excluding diaryl/α,β-unsaturated/α-hetero) is 1. The standard InChI is InChI=1S/C16H22FNO/c1-3-16(4-2,18-11-7-8-12-18)15(19)13-9-5-6-10-14(13)17/h5-6,9-10H,3-4,7-8,11-12H2,1-2H3.